The van der Waals surface area contributed by atoms with Gasteiger partial charge in [-0.2, -0.15) is 0 Å². The first-order valence-corrected chi connectivity index (χ1v) is 5.50. The van der Waals surface area contributed by atoms with Gasteiger partial charge in [0, 0.05) is 12.2 Å². The Morgan fingerprint density at radius 1 is 1.61 bits per heavy atom. The van der Waals surface area contributed by atoms with Gasteiger partial charge in [-0.3, -0.25) is 9.59 Å². The van der Waals surface area contributed by atoms with E-state index in [2.05, 4.69) is 5.32 Å². The molecule has 0 bridgehead atoms. The third-order valence-electron chi connectivity index (χ3n) is 2.98. The van der Waals surface area contributed by atoms with Crippen molar-refractivity contribution in [1.29, 1.82) is 0 Å². The van der Waals surface area contributed by atoms with E-state index < -0.39 is 11.9 Å². The second-order valence-corrected chi connectivity index (χ2v) is 4.10. The summed E-state index contributed by atoms with van der Waals surface area (Å²) in [6.45, 7) is -0.0369. The summed E-state index contributed by atoms with van der Waals surface area (Å²) < 4.78 is 5.12. The number of anilines is 1. The summed E-state index contributed by atoms with van der Waals surface area (Å²) in [5, 5.41) is 11.8. The molecule has 6 heteroatoms. The van der Waals surface area contributed by atoms with Crippen molar-refractivity contribution in [2.45, 2.75) is 12.3 Å². The molecule has 1 amide bonds. The van der Waals surface area contributed by atoms with E-state index in [9.17, 15) is 9.59 Å². The number of ether oxygens (including phenoxy) is 1. The molecule has 1 aliphatic heterocycles. The van der Waals surface area contributed by atoms with E-state index in [1.807, 2.05) is 0 Å². The number of fused-ring (bicyclic) bond motifs is 1. The molecule has 1 aliphatic rings. The highest BCUT2D eigenvalue weighted by Crippen LogP contribution is 2.36. The van der Waals surface area contributed by atoms with Crippen LogP contribution in [0.2, 0.25) is 0 Å². The number of hydrogen-bond donors (Lipinski definition) is 3. The summed E-state index contributed by atoms with van der Waals surface area (Å²) in [6, 6.07) is 3.34. The quantitative estimate of drug-likeness (QED) is 0.714. The van der Waals surface area contributed by atoms with Crippen LogP contribution in [0, 0.1) is 0 Å². The van der Waals surface area contributed by atoms with E-state index in [4.69, 9.17) is 15.6 Å². The highest BCUT2D eigenvalue weighted by atomic mass is 16.5. The van der Waals surface area contributed by atoms with Gasteiger partial charge in [0.25, 0.3) is 0 Å². The summed E-state index contributed by atoms with van der Waals surface area (Å²) in [4.78, 5) is 22.6. The average molecular weight is 250 g/mol. The fourth-order valence-electron chi connectivity index (χ4n) is 2.10. The van der Waals surface area contributed by atoms with Gasteiger partial charge in [0.05, 0.1) is 19.4 Å². The second-order valence-electron chi connectivity index (χ2n) is 4.10. The van der Waals surface area contributed by atoms with Crippen LogP contribution in [-0.2, 0) is 16.0 Å². The van der Waals surface area contributed by atoms with E-state index >= 15 is 0 Å². The fourth-order valence-corrected chi connectivity index (χ4v) is 2.10. The Kier molecular flexibility index (Phi) is 3.20. The number of amides is 1. The molecule has 2 rings (SSSR count). The zero-order chi connectivity index (χ0) is 13.3. The number of carboxylic acid groups (broad SMARTS) is 1. The molecule has 1 aromatic carbocycles. The van der Waals surface area contributed by atoms with Crippen molar-refractivity contribution in [3.05, 3.63) is 23.3 Å². The van der Waals surface area contributed by atoms with Gasteiger partial charge in [0.1, 0.15) is 5.75 Å². The molecule has 1 heterocycles. The Morgan fingerprint density at radius 2 is 2.33 bits per heavy atom. The highest BCUT2D eigenvalue weighted by molar-refractivity contribution is 6.01. The lowest BCUT2D eigenvalue weighted by Gasteiger charge is -2.16. The molecule has 1 unspecified atom stereocenters. The van der Waals surface area contributed by atoms with E-state index in [1.165, 1.54) is 7.11 Å². The minimum atomic E-state index is -1.02. The van der Waals surface area contributed by atoms with Crippen LogP contribution in [0.3, 0.4) is 0 Å². The van der Waals surface area contributed by atoms with E-state index in [-0.39, 0.29) is 18.9 Å². The van der Waals surface area contributed by atoms with Gasteiger partial charge < -0.3 is 20.9 Å². The molecular weight excluding hydrogens is 236 g/mol. The summed E-state index contributed by atoms with van der Waals surface area (Å²) >= 11 is 0. The average Bonchev–Trinajstić information content (AvgIpc) is 2.69. The van der Waals surface area contributed by atoms with Crippen molar-refractivity contribution >= 4 is 17.6 Å². The Balaban J connectivity index is 2.55. The largest absolute Gasteiger partial charge is 0.497 e. The van der Waals surface area contributed by atoms with Gasteiger partial charge in [-0.25, -0.2) is 0 Å². The van der Waals surface area contributed by atoms with Crippen LogP contribution in [0.5, 0.6) is 5.75 Å². The van der Waals surface area contributed by atoms with Crippen LogP contribution in [0.1, 0.15) is 17.0 Å². The molecule has 96 valence electrons. The maximum atomic E-state index is 11.4. The van der Waals surface area contributed by atoms with Gasteiger partial charge in [0.15, 0.2) is 0 Å². The van der Waals surface area contributed by atoms with Crippen LogP contribution in [0.4, 0.5) is 5.69 Å². The molecule has 0 radical (unpaired) electrons. The zero-order valence-corrected chi connectivity index (χ0v) is 9.90. The molecule has 0 aliphatic carbocycles. The van der Waals surface area contributed by atoms with Crippen LogP contribution in [0.25, 0.3) is 0 Å². The van der Waals surface area contributed by atoms with E-state index in [1.54, 1.807) is 12.1 Å². The number of aliphatic carboxylic acids is 1. The lowest BCUT2D eigenvalue weighted by Crippen LogP contribution is -2.22. The number of nitrogens with one attached hydrogen (secondary N) is 1. The molecule has 1 aromatic rings. The van der Waals surface area contributed by atoms with Crippen LogP contribution < -0.4 is 15.8 Å². The van der Waals surface area contributed by atoms with Crippen molar-refractivity contribution < 1.29 is 19.4 Å². The van der Waals surface area contributed by atoms with Crippen molar-refractivity contribution in [2.24, 2.45) is 5.73 Å². The van der Waals surface area contributed by atoms with Gasteiger partial charge in [0.2, 0.25) is 5.91 Å². The molecule has 6 nitrogen and oxygen atoms in total. The second kappa shape index (κ2) is 4.66. The van der Waals surface area contributed by atoms with Crippen molar-refractivity contribution in [2.75, 3.05) is 19.0 Å². The van der Waals surface area contributed by atoms with Crippen LogP contribution >= 0.6 is 0 Å². The third kappa shape index (κ3) is 2.02. The van der Waals surface area contributed by atoms with Gasteiger partial charge in [-0.1, -0.05) is 0 Å². The zero-order valence-electron chi connectivity index (χ0n) is 9.90. The summed E-state index contributed by atoms with van der Waals surface area (Å²) in [7, 11) is 1.49. The minimum absolute atomic E-state index is 0.0369. The predicted molar refractivity (Wildman–Crippen MR) is 64.8 cm³/mol. The minimum Gasteiger partial charge on any atom is -0.497 e. The number of rotatable bonds is 4. The van der Waals surface area contributed by atoms with Crippen LogP contribution in [-0.4, -0.2) is 30.6 Å². The first-order valence-electron chi connectivity index (χ1n) is 5.50. The molecule has 18 heavy (non-hydrogen) atoms. The SMILES string of the molecule is COc1cc2c(c(C(CN)C(=O)O)c1)NC(=O)C2. The smallest absolute Gasteiger partial charge is 0.312 e. The van der Waals surface area contributed by atoms with Gasteiger partial charge >= 0.3 is 5.97 Å². The number of hydrogen-bond acceptors (Lipinski definition) is 4. The molecule has 0 spiro atoms. The first kappa shape index (κ1) is 12.4. The normalized spacial score (nSPS) is 14.9. The fraction of sp³-hybridized carbons (Fsp3) is 0.333. The summed E-state index contributed by atoms with van der Waals surface area (Å²) in [6.07, 6.45) is 0.233. The molecule has 0 saturated heterocycles. The first-order chi connectivity index (χ1) is 8.56. The predicted octanol–water partition coefficient (Wildman–Crippen LogP) is 0.317. The van der Waals surface area contributed by atoms with Crippen molar-refractivity contribution in [1.82, 2.24) is 0 Å². The third-order valence-corrected chi connectivity index (χ3v) is 2.98. The van der Waals surface area contributed by atoms with Gasteiger partial charge in [-0.15, -0.1) is 0 Å². The molecule has 0 saturated carbocycles. The Hall–Kier alpha value is -2.08. The molecule has 4 N–H and O–H groups in total. The van der Waals surface area contributed by atoms with Crippen molar-refractivity contribution in [3.63, 3.8) is 0 Å². The number of methoxy groups -OCH3 is 1. The molecule has 0 aromatic heterocycles. The van der Waals surface area contributed by atoms with Gasteiger partial charge in [-0.05, 0) is 23.3 Å². The Labute approximate surface area is 104 Å². The van der Waals surface area contributed by atoms with Crippen LogP contribution in [0.15, 0.2) is 12.1 Å². The lowest BCUT2D eigenvalue weighted by molar-refractivity contribution is -0.138. The number of carboxylic acids is 1. The Morgan fingerprint density at radius 3 is 2.89 bits per heavy atom. The number of carbonyl (C=O) groups is 2. The summed E-state index contributed by atoms with van der Waals surface area (Å²) in [5.41, 5.74) is 7.28. The number of carbonyl (C=O) groups excluding carboxylic acids is 1. The molecule has 1 atom stereocenters. The monoisotopic (exact) mass is 250 g/mol. The van der Waals surface area contributed by atoms with Crippen molar-refractivity contribution in [3.8, 4) is 5.75 Å². The number of benzene rings is 1. The van der Waals surface area contributed by atoms with E-state index in [0.717, 1.165) is 5.56 Å². The number of nitrogens with two attached hydrogens (primary N) is 1. The lowest BCUT2D eigenvalue weighted by atomic mass is 9.95. The molecular formula is C12H14N2O4. The standard InChI is InChI=1S/C12H14N2O4/c1-18-7-2-6-3-10(15)14-11(6)8(4-7)9(5-13)12(16)17/h2,4,9H,3,5,13H2,1H3,(H,14,15)(H,16,17). The van der Waals surface area contributed by atoms with E-state index in [0.29, 0.717) is 17.0 Å². The topological polar surface area (TPSA) is 102 Å². The highest BCUT2D eigenvalue weighted by Gasteiger charge is 2.28. The maximum absolute atomic E-state index is 11.4. The Bertz CT molecular complexity index is 513. The molecule has 0 fully saturated rings. The summed E-state index contributed by atoms with van der Waals surface area (Å²) in [5.74, 6) is -1.50. The maximum Gasteiger partial charge on any atom is 0.312 e.